The van der Waals surface area contributed by atoms with Crippen molar-refractivity contribution in [2.75, 3.05) is 0 Å². The van der Waals surface area contributed by atoms with Gasteiger partial charge in [-0.25, -0.2) is 9.61 Å². The van der Waals surface area contributed by atoms with Gasteiger partial charge in [0.2, 0.25) is 5.91 Å². The fourth-order valence-corrected chi connectivity index (χ4v) is 4.48. The molecule has 15 heteroatoms. The van der Waals surface area contributed by atoms with Gasteiger partial charge in [-0.2, -0.15) is 26.3 Å². The Kier molecular flexibility index (Phi) is 8.37. The van der Waals surface area contributed by atoms with Crippen molar-refractivity contribution in [3.05, 3.63) is 41.0 Å². The third-order valence-electron chi connectivity index (χ3n) is 7.15. The highest BCUT2D eigenvalue weighted by Crippen LogP contribution is 2.44. The predicted octanol–water partition coefficient (Wildman–Crippen LogP) is 5.87. The molecule has 1 aliphatic carbocycles. The van der Waals surface area contributed by atoms with Crippen LogP contribution in [-0.4, -0.2) is 44.4 Å². The summed E-state index contributed by atoms with van der Waals surface area (Å²) in [6.45, 7) is 3.75. The van der Waals surface area contributed by atoms with Gasteiger partial charge in [0.1, 0.15) is 11.5 Å². The first-order valence-electron chi connectivity index (χ1n) is 13.1. The van der Waals surface area contributed by atoms with E-state index in [9.17, 15) is 35.9 Å². The van der Waals surface area contributed by atoms with Crippen molar-refractivity contribution in [1.29, 1.82) is 0 Å². The van der Waals surface area contributed by atoms with Crippen LogP contribution in [0.2, 0.25) is 0 Å². The zero-order chi connectivity index (χ0) is 30.2. The number of benzene rings is 1. The van der Waals surface area contributed by atoms with Gasteiger partial charge in [-0.05, 0) is 54.5 Å². The zero-order valence-electron chi connectivity index (χ0n) is 22.5. The van der Waals surface area contributed by atoms with E-state index in [2.05, 4.69) is 35.5 Å². The summed E-state index contributed by atoms with van der Waals surface area (Å²) >= 11 is 0. The molecule has 3 aromatic rings. The third-order valence-corrected chi connectivity index (χ3v) is 7.15. The van der Waals surface area contributed by atoms with E-state index in [4.69, 9.17) is 0 Å². The van der Waals surface area contributed by atoms with E-state index in [-0.39, 0.29) is 23.1 Å². The summed E-state index contributed by atoms with van der Waals surface area (Å²) in [5.74, 6) is -1.39. The van der Waals surface area contributed by atoms with Gasteiger partial charge in [-0.1, -0.05) is 32.0 Å². The van der Waals surface area contributed by atoms with Crippen molar-refractivity contribution in [1.82, 2.24) is 30.9 Å². The second kappa shape index (κ2) is 11.3. The molecular formula is C26H30F6N6O3. The van der Waals surface area contributed by atoms with Crippen LogP contribution in [0.4, 0.5) is 26.3 Å². The molecule has 2 atom stereocenters. The fraction of sp³-hybridized carbons (Fsp3) is 0.577. The molecule has 2 aromatic heterocycles. The summed E-state index contributed by atoms with van der Waals surface area (Å²) in [7, 11) is 0. The number of amides is 2. The molecule has 1 fully saturated rings. The number of aromatic amines is 1. The van der Waals surface area contributed by atoms with Crippen molar-refractivity contribution < 1.29 is 40.6 Å². The SMILES string of the molecule is CCc1nonc1C(=O)N[C@@H](CC(C)(C)C(F)(F)F)c1nc2cc([C@@H](NC(=O)CCC(F)(F)F)C3CC3)ccc2[nH]1. The van der Waals surface area contributed by atoms with E-state index in [0.29, 0.717) is 23.0 Å². The lowest BCUT2D eigenvalue weighted by Gasteiger charge is -2.31. The third kappa shape index (κ3) is 7.36. The number of carbonyl (C=O) groups excluding carboxylic acids is 2. The maximum absolute atomic E-state index is 13.8. The summed E-state index contributed by atoms with van der Waals surface area (Å²) in [6.07, 6.45) is -9.64. The number of H-pyrrole nitrogens is 1. The number of halogens is 6. The van der Waals surface area contributed by atoms with Gasteiger partial charge in [0.25, 0.3) is 5.91 Å². The van der Waals surface area contributed by atoms with Crippen LogP contribution < -0.4 is 10.6 Å². The number of carbonyl (C=O) groups is 2. The molecule has 2 amide bonds. The molecule has 0 bridgehead atoms. The molecule has 224 valence electrons. The minimum Gasteiger partial charge on any atom is -0.349 e. The first-order chi connectivity index (χ1) is 19.1. The Bertz CT molecular complexity index is 1390. The largest absolute Gasteiger partial charge is 0.394 e. The maximum Gasteiger partial charge on any atom is 0.394 e. The van der Waals surface area contributed by atoms with Crippen LogP contribution in [-0.2, 0) is 11.2 Å². The van der Waals surface area contributed by atoms with Crippen LogP contribution in [0.5, 0.6) is 0 Å². The van der Waals surface area contributed by atoms with Crippen LogP contribution in [0.1, 0.15) is 92.5 Å². The van der Waals surface area contributed by atoms with Crippen LogP contribution in [0.3, 0.4) is 0 Å². The molecule has 9 nitrogen and oxygen atoms in total. The average molecular weight is 589 g/mol. The average Bonchev–Trinajstić information content (AvgIpc) is 3.43. The quantitative estimate of drug-likeness (QED) is 0.241. The number of nitrogens with zero attached hydrogens (tertiary/aromatic N) is 3. The number of fused-ring (bicyclic) bond motifs is 1. The lowest BCUT2D eigenvalue weighted by atomic mass is 9.84. The molecule has 0 spiro atoms. The highest BCUT2D eigenvalue weighted by molar-refractivity contribution is 5.93. The number of alkyl halides is 6. The molecule has 1 aliphatic rings. The second-order valence-corrected chi connectivity index (χ2v) is 10.9. The molecule has 41 heavy (non-hydrogen) atoms. The molecular weight excluding hydrogens is 558 g/mol. The van der Waals surface area contributed by atoms with Gasteiger partial charge < -0.3 is 15.6 Å². The molecule has 4 rings (SSSR count). The Morgan fingerprint density at radius 2 is 1.80 bits per heavy atom. The molecule has 0 unspecified atom stereocenters. The van der Waals surface area contributed by atoms with Crippen LogP contribution in [0.15, 0.2) is 22.8 Å². The van der Waals surface area contributed by atoms with E-state index in [1.54, 1.807) is 25.1 Å². The summed E-state index contributed by atoms with van der Waals surface area (Å²) in [4.78, 5) is 32.6. The lowest BCUT2D eigenvalue weighted by Crippen LogP contribution is -2.39. The Hall–Kier alpha value is -3.65. The second-order valence-electron chi connectivity index (χ2n) is 10.9. The normalized spacial score (nSPS) is 16.0. The monoisotopic (exact) mass is 588 g/mol. The molecule has 0 radical (unpaired) electrons. The predicted molar refractivity (Wildman–Crippen MR) is 133 cm³/mol. The van der Waals surface area contributed by atoms with Crippen LogP contribution >= 0.6 is 0 Å². The van der Waals surface area contributed by atoms with Gasteiger partial charge in [0.05, 0.1) is 35.0 Å². The number of hydrogen-bond acceptors (Lipinski definition) is 6. The Morgan fingerprint density at radius 1 is 1.10 bits per heavy atom. The Labute approximate surface area is 230 Å². The molecule has 1 saturated carbocycles. The Balaban J connectivity index is 1.62. The highest BCUT2D eigenvalue weighted by Gasteiger charge is 2.49. The number of hydrogen-bond donors (Lipinski definition) is 3. The molecule has 0 saturated heterocycles. The summed E-state index contributed by atoms with van der Waals surface area (Å²) in [6, 6.07) is 3.19. The number of aromatic nitrogens is 4. The summed E-state index contributed by atoms with van der Waals surface area (Å²) in [5, 5.41) is 12.5. The van der Waals surface area contributed by atoms with Crippen LogP contribution in [0.25, 0.3) is 11.0 Å². The first-order valence-corrected chi connectivity index (χ1v) is 13.1. The summed E-state index contributed by atoms with van der Waals surface area (Å²) < 4.78 is 83.7. The van der Waals surface area contributed by atoms with Crippen molar-refractivity contribution in [3.63, 3.8) is 0 Å². The smallest absolute Gasteiger partial charge is 0.349 e. The van der Waals surface area contributed by atoms with E-state index in [0.717, 1.165) is 26.7 Å². The van der Waals surface area contributed by atoms with Crippen molar-refractivity contribution in [2.24, 2.45) is 11.3 Å². The van der Waals surface area contributed by atoms with Crippen molar-refractivity contribution in [3.8, 4) is 0 Å². The number of rotatable bonds is 11. The van der Waals surface area contributed by atoms with E-state index >= 15 is 0 Å². The zero-order valence-corrected chi connectivity index (χ0v) is 22.5. The van der Waals surface area contributed by atoms with Gasteiger partial charge in [-0.15, -0.1) is 0 Å². The molecule has 1 aromatic carbocycles. The van der Waals surface area contributed by atoms with Gasteiger partial charge in [0, 0.05) is 6.42 Å². The number of imidazole rings is 1. The molecule has 2 heterocycles. The maximum atomic E-state index is 13.8. The van der Waals surface area contributed by atoms with Crippen LogP contribution in [0, 0.1) is 11.3 Å². The minimum atomic E-state index is -4.58. The highest BCUT2D eigenvalue weighted by atomic mass is 19.4. The van der Waals surface area contributed by atoms with Gasteiger partial charge in [0.15, 0.2) is 5.69 Å². The van der Waals surface area contributed by atoms with E-state index in [1.165, 1.54) is 0 Å². The number of aryl methyl sites for hydroxylation is 1. The van der Waals surface area contributed by atoms with E-state index < -0.39 is 60.9 Å². The van der Waals surface area contributed by atoms with Gasteiger partial charge in [-0.3, -0.25) is 9.59 Å². The van der Waals surface area contributed by atoms with Gasteiger partial charge >= 0.3 is 12.4 Å². The lowest BCUT2D eigenvalue weighted by molar-refractivity contribution is -0.215. The van der Waals surface area contributed by atoms with Crippen molar-refractivity contribution >= 4 is 22.8 Å². The first kappa shape index (κ1) is 30.3. The topological polar surface area (TPSA) is 126 Å². The summed E-state index contributed by atoms with van der Waals surface area (Å²) in [5.41, 5.74) is -0.681. The number of nitrogens with one attached hydrogen (secondary N) is 3. The standard InChI is InChI=1S/C26H30F6N6O3/c1-4-15-21(38-41-37-15)23(40)35-18(12-24(2,3)26(30,31)32)22-33-16-8-7-14(11-17(16)34-22)20(13-5-6-13)36-19(39)9-10-25(27,28)29/h7-8,11,13,18,20H,4-6,9-10,12H2,1-3H3,(H,33,34)(H,35,40)(H,36,39)/t18-,20-/m0/s1. The molecule has 3 N–H and O–H groups in total. The molecule has 0 aliphatic heterocycles. The Morgan fingerprint density at radius 3 is 2.41 bits per heavy atom. The van der Waals surface area contributed by atoms with E-state index in [1.807, 2.05) is 0 Å². The minimum absolute atomic E-state index is 0.0455. The fourth-order valence-electron chi connectivity index (χ4n) is 4.48. The van der Waals surface area contributed by atoms with Crippen molar-refractivity contribution in [2.45, 2.75) is 83.7 Å².